The molecule has 1 heterocycles. The van der Waals surface area contributed by atoms with E-state index < -0.39 is 11.2 Å². The lowest BCUT2D eigenvalue weighted by Gasteiger charge is -2.17. The van der Waals surface area contributed by atoms with Crippen molar-refractivity contribution in [1.29, 1.82) is 0 Å². The predicted molar refractivity (Wildman–Crippen MR) is 199 cm³/mol. The van der Waals surface area contributed by atoms with Crippen molar-refractivity contribution < 1.29 is 14.4 Å². The van der Waals surface area contributed by atoms with Gasteiger partial charge in [-0.1, -0.05) is 109 Å². The van der Waals surface area contributed by atoms with E-state index in [1.807, 2.05) is 115 Å². The minimum absolute atomic E-state index is 0.106. The van der Waals surface area contributed by atoms with Crippen molar-refractivity contribution >= 4 is 57.7 Å². The molecule has 1 aromatic heterocycles. The third-order valence-corrected chi connectivity index (χ3v) is 9.45. The molecule has 3 amide bonds. The fraction of sp³-hybridized carbons (Fsp3) is 0.0500. The highest BCUT2D eigenvalue weighted by molar-refractivity contribution is 8.00. The Morgan fingerprint density at radius 3 is 2.04 bits per heavy atom. The number of carbonyl (C=O) groups is 3. The molecule has 3 N–H and O–H groups in total. The second kappa shape index (κ2) is 15.9. The van der Waals surface area contributed by atoms with Gasteiger partial charge in [-0.2, -0.15) is 0 Å². The first-order valence-electron chi connectivity index (χ1n) is 15.5. The molecule has 6 aromatic rings. The molecule has 0 spiro atoms. The first-order chi connectivity index (χ1) is 23.9. The number of rotatable bonds is 11. The van der Waals surface area contributed by atoms with Crippen molar-refractivity contribution in [3.8, 4) is 11.3 Å². The summed E-state index contributed by atoms with van der Waals surface area (Å²) in [5.41, 5.74) is 5.58. The zero-order chi connectivity index (χ0) is 34.0. The Morgan fingerprint density at radius 2 is 1.37 bits per heavy atom. The van der Waals surface area contributed by atoms with E-state index in [2.05, 4.69) is 20.9 Å². The number of hydrogen-bond donors (Lipinski definition) is 3. The van der Waals surface area contributed by atoms with Gasteiger partial charge in [0.2, 0.25) is 5.91 Å². The topological polar surface area (TPSA) is 100 Å². The van der Waals surface area contributed by atoms with E-state index in [9.17, 15) is 14.4 Å². The number of thioether (sulfide) groups is 1. The van der Waals surface area contributed by atoms with Crippen molar-refractivity contribution in [3.63, 3.8) is 0 Å². The van der Waals surface area contributed by atoms with E-state index in [-0.39, 0.29) is 17.5 Å². The summed E-state index contributed by atoms with van der Waals surface area (Å²) in [5.74, 6) is -1.05. The zero-order valence-electron chi connectivity index (χ0n) is 26.5. The van der Waals surface area contributed by atoms with Crippen LogP contribution in [-0.2, 0) is 9.59 Å². The first kappa shape index (κ1) is 33.1. The first-order valence-corrected chi connectivity index (χ1v) is 17.3. The standard InChI is InChI=1S/C40H32N4O3S2/c1-27-17-19-28(20-18-27)25-34(42-37(45)31-15-9-4-10-16-31)38(46)41-32-21-23-33(24-22-32)49-36(30-13-7-3-8-14-30)39(47)44-40-43-35(26-48-40)29-11-5-2-6-12-29/h2-26,36H,1H3,(H,41,46)(H,42,45)(H,43,44,47)/b34-25-. The summed E-state index contributed by atoms with van der Waals surface area (Å²) in [7, 11) is 0. The Balaban J connectivity index is 1.17. The van der Waals surface area contributed by atoms with Crippen LogP contribution in [0.2, 0.25) is 0 Å². The maximum Gasteiger partial charge on any atom is 0.272 e. The second-order valence-electron chi connectivity index (χ2n) is 11.1. The monoisotopic (exact) mass is 680 g/mol. The maximum absolute atomic E-state index is 13.6. The molecular weight excluding hydrogens is 649 g/mol. The molecular formula is C40H32N4O3S2. The van der Waals surface area contributed by atoms with Crippen molar-refractivity contribution in [2.24, 2.45) is 0 Å². The molecule has 0 bridgehead atoms. The number of anilines is 2. The van der Waals surface area contributed by atoms with Crippen LogP contribution in [0, 0.1) is 6.92 Å². The summed E-state index contributed by atoms with van der Waals surface area (Å²) in [6, 6.07) is 43.1. The average molecular weight is 681 g/mol. The van der Waals surface area contributed by atoms with Crippen LogP contribution >= 0.6 is 23.1 Å². The van der Waals surface area contributed by atoms with Gasteiger partial charge in [0, 0.05) is 27.1 Å². The van der Waals surface area contributed by atoms with Gasteiger partial charge in [0.25, 0.3) is 11.8 Å². The lowest BCUT2D eigenvalue weighted by Crippen LogP contribution is -2.30. The van der Waals surface area contributed by atoms with Gasteiger partial charge in [-0.15, -0.1) is 23.1 Å². The molecule has 0 saturated carbocycles. The number of carbonyl (C=O) groups excluding carboxylic acids is 3. The van der Waals surface area contributed by atoms with E-state index in [0.717, 1.165) is 32.8 Å². The van der Waals surface area contributed by atoms with Crippen molar-refractivity contribution in [3.05, 3.63) is 173 Å². The molecule has 9 heteroatoms. The van der Waals surface area contributed by atoms with Gasteiger partial charge in [0.15, 0.2) is 5.13 Å². The van der Waals surface area contributed by atoms with Crippen molar-refractivity contribution in [2.45, 2.75) is 17.1 Å². The average Bonchev–Trinajstić information content (AvgIpc) is 3.61. The number of nitrogens with zero attached hydrogens (tertiary/aromatic N) is 1. The third kappa shape index (κ3) is 8.98. The minimum Gasteiger partial charge on any atom is -0.321 e. The summed E-state index contributed by atoms with van der Waals surface area (Å²) in [6.45, 7) is 1.98. The Morgan fingerprint density at radius 1 is 0.735 bits per heavy atom. The fourth-order valence-corrected chi connectivity index (χ4v) is 6.61. The Kier molecular flexibility index (Phi) is 10.7. The summed E-state index contributed by atoms with van der Waals surface area (Å²) in [6.07, 6.45) is 1.65. The van der Waals surface area contributed by atoms with Crippen LogP contribution < -0.4 is 16.0 Å². The lowest BCUT2D eigenvalue weighted by molar-refractivity contribution is -0.116. The second-order valence-corrected chi connectivity index (χ2v) is 13.1. The molecule has 0 fully saturated rings. The Labute approximate surface area is 293 Å². The molecule has 1 atom stereocenters. The van der Waals surface area contributed by atoms with Crippen molar-refractivity contribution in [1.82, 2.24) is 10.3 Å². The fourth-order valence-electron chi connectivity index (χ4n) is 4.87. The summed E-state index contributed by atoms with van der Waals surface area (Å²) >= 11 is 2.78. The maximum atomic E-state index is 13.6. The van der Waals surface area contributed by atoms with Crippen LogP contribution in [0.25, 0.3) is 17.3 Å². The molecule has 0 saturated heterocycles. The number of amides is 3. The van der Waals surface area contributed by atoms with Gasteiger partial charge in [0.1, 0.15) is 10.9 Å². The largest absolute Gasteiger partial charge is 0.321 e. The summed E-state index contributed by atoms with van der Waals surface area (Å²) in [4.78, 5) is 45.6. The highest BCUT2D eigenvalue weighted by atomic mass is 32.2. The lowest BCUT2D eigenvalue weighted by atomic mass is 10.1. The van der Waals surface area contributed by atoms with Gasteiger partial charge in [0.05, 0.1) is 5.69 Å². The van der Waals surface area contributed by atoms with E-state index >= 15 is 0 Å². The molecule has 6 rings (SSSR count). The van der Waals surface area contributed by atoms with Crippen LogP contribution in [0.15, 0.2) is 155 Å². The molecule has 1 unspecified atom stereocenters. The molecule has 242 valence electrons. The third-order valence-electron chi connectivity index (χ3n) is 7.43. The van der Waals surface area contributed by atoms with Gasteiger partial charge in [-0.3, -0.25) is 14.4 Å². The summed E-state index contributed by atoms with van der Waals surface area (Å²) < 4.78 is 0. The number of thiazole rings is 1. The molecule has 0 radical (unpaired) electrons. The van der Waals surface area contributed by atoms with Gasteiger partial charge in [-0.05, 0) is 60.5 Å². The molecule has 0 aliphatic heterocycles. The number of benzene rings is 5. The highest BCUT2D eigenvalue weighted by Crippen LogP contribution is 2.37. The van der Waals surface area contributed by atoms with E-state index in [1.165, 1.54) is 23.1 Å². The quantitative estimate of drug-likeness (QED) is 0.0937. The van der Waals surface area contributed by atoms with Crippen LogP contribution in [0.1, 0.15) is 32.3 Å². The Hall–Kier alpha value is -5.77. The molecule has 5 aromatic carbocycles. The van der Waals surface area contributed by atoms with Crippen LogP contribution in [-0.4, -0.2) is 22.7 Å². The normalized spacial score (nSPS) is 11.7. The number of hydrogen-bond acceptors (Lipinski definition) is 6. The van der Waals surface area contributed by atoms with E-state index in [4.69, 9.17) is 0 Å². The predicted octanol–water partition coefficient (Wildman–Crippen LogP) is 9.00. The molecule has 7 nitrogen and oxygen atoms in total. The Bertz CT molecular complexity index is 2060. The van der Waals surface area contributed by atoms with Crippen LogP contribution in [0.3, 0.4) is 0 Å². The van der Waals surface area contributed by atoms with E-state index in [0.29, 0.717) is 16.4 Å². The number of aryl methyl sites for hydroxylation is 1. The summed E-state index contributed by atoms with van der Waals surface area (Å²) in [5, 5.41) is 10.6. The highest BCUT2D eigenvalue weighted by Gasteiger charge is 2.23. The zero-order valence-corrected chi connectivity index (χ0v) is 28.1. The minimum atomic E-state index is -0.553. The van der Waals surface area contributed by atoms with Gasteiger partial charge >= 0.3 is 0 Å². The molecule has 49 heavy (non-hydrogen) atoms. The number of aromatic nitrogens is 1. The van der Waals surface area contributed by atoms with Crippen LogP contribution in [0.5, 0.6) is 0 Å². The number of nitrogens with one attached hydrogen (secondary N) is 3. The SMILES string of the molecule is Cc1ccc(/C=C(\NC(=O)c2ccccc2)C(=O)Nc2ccc(SC(C(=O)Nc3nc(-c4ccccc4)cs3)c3ccccc3)cc2)cc1. The van der Waals surface area contributed by atoms with Crippen molar-refractivity contribution in [2.75, 3.05) is 10.6 Å². The molecule has 0 aliphatic rings. The van der Waals surface area contributed by atoms with Gasteiger partial charge < -0.3 is 16.0 Å². The molecule has 0 aliphatic carbocycles. The smallest absolute Gasteiger partial charge is 0.272 e. The van der Waals surface area contributed by atoms with Crippen LogP contribution in [0.4, 0.5) is 10.8 Å². The van der Waals surface area contributed by atoms with E-state index in [1.54, 1.807) is 42.5 Å². The van der Waals surface area contributed by atoms with Gasteiger partial charge in [-0.25, -0.2) is 4.98 Å².